The molecule has 39 heavy (non-hydrogen) atoms. The van der Waals surface area contributed by atoms with Crippen molar-refractivity contribution in [2.24, 2.45) is 0 Å². The van der Waals surface area contributed by atoms with Gasteiger partial charge in [0.25, 0.3) is 0 Å². The Hall–Kier alpha value is -4.31. The highest BCUT2D eigenvalue weighted by atomic mass is 16.1. The molecule has 0 N–H and O–H groups in total. The van der Waals surface area contributed by atoms with E-state index < -0.39 is 0 Å². The quantitative estimate of drug-likeness (QED) is 0.221. The second-order valence-corrected chi connectivity index (χ2v) is 12.1. The van der Waals surface area contributed by atoms with Crippen molar-refractivity contribution < 1.29 is 4.79 Å². The van der Waals surface area contributed by atoms with Gasteiger partial charge in [-0.25, -0.2) is 0 Å². The zero-order chi connectivity index (χ0) is 27.8. The second kappa shape index (κ2) is 10.1. The van der Waals surface area contributed by atoms with E-state index in [9.17, 15) is 4.79 Å². The Morgan fingerprint density at radius 1 is 0.513 bits per heavy atom. The maximum atomic E-state index is 11.0. The number of rotatable bonds is 5. The monoisotopic (exact) mass is 513 g/mol. The molecule has 0 unspecified atom stereocenters. The van der Waals surface area contributed by atoms with Crippen molar-refractivity contribution in [3.63, 3.8) is 0 Å². The van der Waals surface area contributed by atoms with Crippen LogP contribution in [-0.4, -0.2) is 21.1 Å². The average molecular weight is 514 g/mol. The van der Waals surface area contributed by atoms with Gasteiger partial charge in [-0.2, -0.15) is 0 Å². The minimum Gasteiger partial charge on any atom is -0.298 e. The maximum Gasteiger partial charge on any atom is 0.168 e. The molecule has 1 heterocycles. The first kappa shape index (κ1) is 26.3. The Labute approximate surface area is 231 Å². The zero-order valence-corrected chi connectivity index (χ0v) is 23.6. The third kappa shape index (κ3) is 5.46. The molecule has 0 fully saturated rings. The van der Waals surface area contributed by atoms with Gasteiger partial charge in [0.1, 0.15) is 6.29 Å². The van der Waals surface area contributed by atoms with Crippen molar-refractivity contribution in [2.75, 3.05) is 0 Å². The summed E-state index contributed by atoms with van der Waals surface area (Å²) in [6.07, 6.45) is 0.865. The predicted octanol–water partition coefficient (Wildman–Crippen LogP) is 8.68. The molecule has 0 amide bonds. The Morgan fingerprint density at radius 2 is 0.872 bits per heavy atom. The topological polar surface area (TPSA) is 47.8 Å². The van der Waals surface area contributed by atoms with Crippen LogP contribution in [0.25, 0.3) is 39.6 Å². The molecule has 0 saturated carbocycles. The number of aldehydes is 1. The first-order valence-electron chi connectivity index (χ1n) is 13.4. The van der Waals surface area contributed by atoms with E-state index in [1.807, 2.05) is 24.3 Å². The fraction of sp³-hybridized carbons (Fsp3) is 0.229. The van der Waals surface area contributed by atoms with E-state index in [4.69, 9.17) is 0 Å². The van der Waals surface area contributed by atoms with Crippen LogP contribution in [0.3, 0.4) is 0 Å². The largest absolute Gasteiger partial charge is 0.298 e. The van der Waals surface area contributed by atoms with Crippen LogP contribution in [0, 0.1) is 0 Å². The van der Waals surface area contributed by atoms with Gasteiger partial charge in [-0.05, 0) is 45.2 Å². The smallest absolute Gasteiger partial charge is 0.168 e. The van der Waals surface area contributed by atoms with Gasteiger partial charge in [-0.1, -0.05) is 126 Å². The molecule has 4 aromatic carbocycles. The number of aromatic nitrogens is 3. The molecular formula is C35H35N3O. The third-order valence-electron chi connectivity index (χ3n) is 7.19. The molecule has 0 atom stereocenters. The highest BCUT2D eigenvalue weighted by Gasteiger charge is 2.20. The lowest BCUT2D eigenvalue weighted by Crippen LogP contribution is -2.10. The van der Waals surface area contributed by atoms with E-state index in [-0.39, 0.29) is 10.8 Å². The van der Waals surface area contributed by atoms with Crippen LogP contribution in [-0.2, 0) is 10.8 Å². The maximum absolute atomic E-state index is 11.0. The van der Waals surface area contributed by atoms with Crippen LogP contribution >= 0.6 is 0 Å². The van der Waals surface area contributed by atoms with Crippen molar-refractivity contribution in [1.82, 2.24) is 14.8 Å². The molecule has 0 spiro atoms. The standard InChI is InChI=1S/C35H35N3O/c1-34(2,3)29-17-11-27(12-18-29)32-36-37-33(28-13-19-30(20-14-28)35(4,5)6)38(32)31-21-15-26(16-22-31)25-9-7-24(23-39)8-10-25/h7-23H,1-6H3. The van der Waals surface area contributed by atoms with Gasteiger partial charge in [0, 0.05) is 22.4 Å². The van der Waals surface area contributed by atoms with Crippen molar-refractivity contribution in [2.45, 2.75) is 52.4 Å². The minimum absolute atomic E-state index is 0.0753. The second-order valence-electron chi connectivity index (χ2n) is 12.1. The van der Waals surface area contributed by atoms with Crippen LogP contribution < -0.4 is 0 Å². The molecule has 0 aliphatic carbocycles. The number of carbonyl (C=O) groups excluding carboxylic acids is 1. The first-order chi connectivity index (χ1) is 18.5. The van der Waals surface area contributed by atoms with E-state index in [1.54, 1.807) is 0 Å². The molecule has 0 aliphatic rings. The third-order valence-corrected chi connectivity index (χ3v) is 7.19. The number of carbonyl (C=O) groups is 1. The summed E-state index contributed by atoms with van der Waals surface area (Å²) < 4.78 is 2.14. The van der Waals surface area contributed by atoms with Gasteiger partial charge in [0.15, 0.2) is 11.6 Å². The number of hydrogen-bond acceptors (Lipinski definition) is 3. The number of nitrogens with zero attached hydrogens (tertiary/aromatic N) is 3. The molecule has 0 aliphatic heterocycles. The average Bonchev–Trinajstić information content (AvgIpc) is 3.38. The van der Waals surface area contributed by atoms with Gasteiger partial charge in [0.2, 0.25) is 0 Å². The molecule has 4 heteroatoms. The molecule has 4 nitrogen and oxygen atoms in total. The molecule has 0 radical (unpaired) electrons. The summed E-state index contributed by atoms with van der Waals surface area (Å²) in [6, 6.07) is 33.3. The van der Waals surface area contributed by atoms with E-state index in [0.717, 1.165) is 45.9 Å². The number of benzene rings is 4. The lowest BCUT2D eigenvalue weighted by molar-refractivity contribution is 0.112. The lowest BCUT2D eigenvalue weighted by Gasteiger charge is -2.20. The lowest BCUT2D eigenvalue weighted by atomic mass is 9.86. The van der Waals surface area contributed by atoms with Gasteiger partial charge in [-0.3, -0.25) is 9.36 Å². The van der Waals surface area contributed by atoms with E-state index >= 15 is 0 Å². The summed E-state index contributed by atoms with van der Waals surface area (Å²) >= 11 is 0. The van der Waals surface area contributed by atoms with Crippen molar-refractivity contribution in [3.8, 4) is 39.6 Å². The molecule has 196 valence electrons. The summed E-state index contributed by atoms with van der Waals surface area (Å²) in [5, 5.41) is 9.36. The molecule has 0 saturated heterocycles. The zero-order valence-electron chi connectivity index (χ0n) is 23.6. The van der Waals surface area contributed by atoms with Crippen LogP contribution in [0.4, 0.5) is 0 Å². The van der Waals surface area contributed by atoms with Crippen molar-refractivity contribution in [1.29, 1.82) is 0 Å². The Kier molecular flexibility index (Phi) is 6.82. The fourth-order valence-corrected chi connectivity index (χ4v) is 4.70. The molecular weight excluding hydrogens is 478 g/mol. The van der Waals surface area contributed by atoms with Gasteiger partial charge >= 0.3 is 0 Å². The van der Waals surface area contributed by atoms with Gasteiger partial charge in [0.05, 0.1) is 0 Å². The highest BCUT2D eigenvalue weighted by molar-refractivity contribution is 5.77. The minimum atomic E-state index is 0.0753. The summed E-state index contributed by atoms with van der Waals surface area (Å²) in [4.78, 5) is 11.0. The molecule has 1 aromatic heterocycles. The van der Waals surface area contributed by atoms with Crippen LogP contribution in [0.15, 0.2) is 97.1 Å². The molecule has 5 rings (SSSR count). The van der Waals surface area contributed by atoms with E-state index in [0.29, 0.717) is 5.56 Å². The van der Waals surface area contributed by atoms with E-state index in [1.165, 1.54) is 11.1 Å². The van der Waals surface area contributed by atoms with Gasteiger partial charge < -0.3 is 0 Å². The summed E-state index contributed by atoms with van der Waals surface area (Å²) in [5.41, 5.74) is 8.53. The predicted molar refractivity (Wildman–Crippen MR) is 160 cm³/mol. The molecule has 0 bridgehead atoms. The first-order valence-corrected chi connectivity index (χ1v) is 13.4. The number of hydrogen-bond donors (Lipinski definition) is 0. The summed E-state index contributed by atoms with van der Waals surface area (Å²) in [7, 11) is 0. The van der Waals surface area contributed by atoms with Crippen molar-refractivity contribution in [3.05, 3.63) is 114 Å². The van der Waals surface area contributed by atoms with Crippen molar-refractivity contribution >= 4 is 6.29 Å². The highest BCUT2D eigenvalue weighted by Crippen LogP contribution is 2.33. The fourth-order valence-electron chi connectivity index (χ4n) is 4.70. The van der Waals surface area contributed by atoms with Crippen LogP contribution in [0.5, 0.6) is 0 Å². The normalized spacial score (nSPS) is 11.9. The summed E-state index contributed by atoms with van der Waals surface area (Å²) in [5.74, 6) is 1.60. The van der Waals surface area contributed by atoms with E-state index in [2.05, 4.69) is 129 Å². The Bertz CT molecular complexity index is 1500. The Morgan fingerprint density at radius 3 is 1.23 bits per heavy atom. The van der Waals surface area contributed by atoms with Gasteiger partial charge in [-0.15, -0.1) is 10.2 Å². The van der Waals surface area contributed by atoms with Crippen LogP contribution in [0.2, 0.25) is 0 Å². The SMILES string of the molecule is CC(C)(C)c1ccc(-c2nnc(-c3ccc(C(C)(C)C)cc3)n2-c2ccc(-c3ccc(C=O)cc3)cc2)cc1. The summed E-state index contributed by atoms with van der Waals surface area (Å²) in [6.45, 7) is 13.3. The molecule has 5 aromatic rings. The Balaban J connectivity index is 1.60. The van der Waals surface area contributed by atoms with Crippen LogP contribution in [0.1, 0.15) is 63.0 Å².